The smallest absolute Gasteiger partial charge is 0.225 e. The van der Waals surface area contributed by atoms with Crippen LogP contribution in [0.25, 0.3) is 0 Å². The third-order valence-corrected chi connectivity index (χ3v) is 2.69. The second-order valence-electron chi connectivity index (χ2n) is 4.14. The van der Waals surface area contributed by atoms with E-state index in [4.69, 9.17) is 16.3 Å². The van der Waals surface area contributed by atoms with Crippen LogP contribution in [0.3, 0.4) is 0 Å². The van der Waals surface area contributed by atoms with Gasteiger partial charge < -0.3 is 15.4 Å². The molecule has 0 spiro atoms. The Hall–Kier alpha value is -1.26. The summed E-state index contributed by atoms with van der Waals surface area (Å²) in [5, 5.41) is 6.51. The topological polar surface area (TPSA) is 50.4 Å². The van der Waals surface area contributed by atoms with Crippen LogP contribution in [0.4, 0.5) is 5.69 Å². The summed E-state index contributed by atoms with van der Waals surface area (Å²) in [7, 11) is 0. The molecule has 1 rings (SSSR count). The average molecular weight is 285 g/mol. The molecule has 0 saturated heterocycles. The fraction of sp³-hybridized carbons (Fsp3) is 0.500. The molecule has 0 aliphatic rings. The molecule has 19 heavy (non-hydrogen) atoms. The monoisotopic (exact) mass is 284 g/mol. The molecule has 0 saturated carbocycles. The number of hydrogen-bond acceptors (Lipinski definition) is 3. The molecule has 1 aromatic carbocycles. The van der Waals surface area contributed by atoms with Crippen LogP contribution in [-0.4, -0.2) is 25.6 Å². The summed E-state index contributed by atoms with van der Waals surface area (Å²) in [6, 6.07) is 5.23. The summed E-state index contributed by atoms with van der Waals surface area (Å²) in [4.78, 5) is 11.8. The van der Waals surface area contributed by atoms with Crippen molar-refractivity contribution in [1.29, 1.82) is 0 Å². The maximum absolute atomic E-state index is 11.8. The van der Waals surface area contributed by atoms with Gasteiger partial charge in [-0.2, -0.15) is 0 Å². The minimum absolute atomic E-state index is 0.0513. The van der Waals surface area contributed by atoms with Crippen molar-refractivity contribution in [3.8, 4) is 5.75 Å². The lowest BCUT2D eigenvalue weighted by Gasteiger charge is -2.12. The normalized spacial score (nSPS) is 10.3. The fourth-order valence-electron chi connectivity index (χ4n) is 1.53. The van der Waals surface area contributed by atoms with Crippen molar-refractivity contribution in [2.75, 3.05) is 25.0 Å². The lowest BCUT2D eigenvalue weighted by atomic mass is 10.2. The summed E-state index contributed by atoms with van der Waals surface area (Å²) in [5.74, 6) is 0.604. The van der Waals surface area contributed by atoms with E-state index in [2.05, 4.69) is 10.6 Å². The van der Waals surface area contributed by atoms with Crippen LogP contribution >= 0.6 is 11.6 Å². The zero-order valence-electron chi connectivity index (χ0n) is 11.5. The summed E-state index contributed by atoms with van der Waals surface area (Å²) in [5.41, 5.74) is 0.627. The number of rotatable bonds is 8. The Bertz CT molecular complexity index is 410. The predicted octanol–water partition coefficient (Wildman–Crippen LogP) is 3.07. The highest BCUT2D eigenvalue weighted by atomic mass is 35.5. The molecule has 5 heteroatoms. The van der Waals surface area contributed by atoms with Gasteiger partial charge in [0.15, 0.2) is 0 Å². The maximum Gasteiger partial charge on any atom is 0.225 e. The standard InChI is InChI=1S/C14H21ClN2O2/c1-3-9-19-13-6-5-11(15)10-12(13)17-14(18)7-8-16-4-2/h5-6,10,16H,3-4,7-9H2,1-2H3,(H,17,18). The molecule has 1 aromatic rings. The first kappa shape index (κ1) is 15.8. The van der Waals surface area contributed by atoms with E-state index in [1.807, 2.05) is 13.8 Å². The van der Waals surface area contributed by atoms with Crippen LogP contribution in [0.15, 0.2) is 18.2 Å². The second kappa shape index (κ2) is 8.77. The molecular formula is C14H21ClN2O2. The van der Waals surface area contributed by atoms with E-state index in [0.29, 0.717) is 36.0 Å². The van der Waals surface area contributed by atoms with E-state index < -0.39 is 0 Å². The minimum Gasteiger partial charge on any atom is -0.491 e. The first-order chi connectivity index (χ1) is 9.17. The molecule has 0 bridgehead atoms. The van der Waals surface area contributed by atoms with Crippen LogP contribution in [0, 0.1) is 0 Å². The number of anilines is 1. The highest BCUT2D eigenvalue weighted by Crippen LogP contribution is 2.28. The molecule has 0 unspecified atom stereocenters. The van der Waals surface area contributed by atoms with Crippen molar-refractivity contribution in [2.45, 2.75) is 26.7 Å². The third-order valence-electron chi connectivity index (χ3n) is 2.46. The van der Waals surface area contributed by atoms with Gasteiger partial charge in [0.25, 0.3) is 0 Å². The number of halogens is 1. The highest BCUT2D eigenvalue weighted by molar-refractivity contribution is 6.31. The van der Waals surface area contributed by atoms with Gasteiger partial charge in [0.1, 0.15) is 5.75 Å². The summed E-state index contributed by atoms with van der Waals surface area (Å²) >= 11 is 5.94. The fourth-order valence-corrected chi connectivity index (χ4v) is 1.70. The van der Waals surface area contributed by atoms with Crippen molar-refractivity contribution < 1.29 is 9.53 Å². The molecule has 0 aromatic heterocycles. The molecule has 2 N–H and O–H groups in total. The van der Waals surface area contributed by atoms with Gasteiger partial charge in [0, 0.05) is 18.0 Å². The predicted molar refractivity (Wildman–Crippen MR) is 79.0 cm³/mol. The van der Waals surface area contributed by atoms with Crippen LogP contribution < -0.4 is 15.4 Å². The van der Waals surface area contributed by atoms with E-state index in [0.717, 1.165) is 13.0 Å². The van der Waals surface area contributed by atoms with Crippen LogP contribution in [0.1, 0.15) is 26.7 Å². The summed E-state index contributed by atoms with van der Waals surface area (Å²) < 4.78 is 5.58. The Morgan fingerprint density at radius 1 is 1.37 bits per heavy atom. The van der Waals surface area contributed by atoms with Crippen molar-refractivity contribution >= 4 is 23.2 Å². The Labute approximate surface area is 119 Å². The van der Waals surface area contributed by atoms with Gasteiger partial charge >= 0.3 is 0 Å². The lowest BCUT2D eigenvalue weighted by molar-refractivity contribution is -0.116. The minimum atomic E-state index is -0.0513. The summed E-state index contributed by atoms with van der Waals surface area (Å²) in [6.45, 7) is 6.17. The lowest BCUT2D eigenvalue weighted by Crippen LogP contribution is -2.21. The number of amides is 1. The van der Waals surface area contributed by atoms with Crippen molar-refractivity contribution in [1.82, 2.24) is 5.32 Å². The molecule has 0 aliphatic heterocycles. The summed E-state index contributed by atoms with van der Waals surface area (Å²) in [6.07, 6.45) is 1.34. The SMILES string of the molecule is CCCOc1ccc(Cl)cc1NC(=O)CCNCC. The van der Waals surface area contributed by atoms with E-state index in [9.17, 15) is 4.79 Å². The van der Waals surface area contributed by atoms with Gasteiger partial charge in [0.2, 0.25) is 5.91 Å². The van der Waals surface area contributed by atoms with E-state index in [1.165, 1.54) is 0 Å². The number of nitrogens with one attached hydrogen (secondary N) is 2. The largest absolute Gasteiger partial charge is 0.491 e. The molecule has 0 heterocycles. The third kappa shape index (κ3) is 5.94. The van der Waals surface area contributed by atoms with Gasteiger partial charge in [-0.1, -0.05) is 25.4 Å². The van der Waals surface area contributed by atoms with Gasteiger partial charge in [0.05, 0.1) is 12.3 Å². The molecule has 0 aliphatic carbocycles. The van der Waals surface area contributed by atoms with E-state index >= 15 is 0 Å². The molecule has 4 nitrogen and oxygen atoms in total. The zero-order valence-corrected chi connectivity index (χ0v) is 12.2. The number of ether oxygens (including phenoxy) is 1. The van der Waals surface area contributed by atoms with Crippen molar-refractivity contribution in [2.24, 2.45) is 0 Å². The number of carbonyl (C=O) groups excluding carboxylic acids is 1. The van der Waals surface area contributed by atoms with Gasteiger partial charge in [-0.3, -0.25) is 4.79 Å². The van der Waals surface area contributed by atoms with Crippen LogP contribution in [0.2, 0.25) is 5.02 Å². The van der Waals surface area contributed by atoms with E-state index in [1.54, 1.807) is 18.2 Å². The Morgan fingerprint density at radius 3 is 2.84 bits per heavy atom. The molecule has 0 atom stereocenters. The van der Waals surface area contributed by atoms with Gasteiger partial charge in [-0.15, -0.1) is 0 Å². The first-order valence-corrected chi connectivity index (χ1v) is 6.98. The number of benzene rings is 1. The molecular weight excluding hydrogens is 264 g/mol. The van der Waals surface area contributed by atoms with Crippen LogP contribution in [-0.2, 0) is 4.79 Å². The highest BCUT2D eigenvalue weighted by Gasteiger charge is 2.08. The van der Waals surface area contributed by atoms with Crippen molar-refractivity contribution in [3.05, 3.63) is 23.2 Å². The Morgan fingerprint density at radius 2 is 2.16 bits per heavy atom. The second-order valence-corrected chi connectivity index (χ2v) is 4.58. The van der Waals surface area contributed by atoms with Gasteiger partial charge in [-0.25, -0.2) is 0 Å². The molecule has 106 valence electrons. The number of hydrogen-bond donors (Lipinski definition) is 2. The number of carbonyl (C=O) groups is 1. The van der Waals surface area contributed by atoms with Crippen molar-refractivity contribution in [3.63, 3.8) is 0 Å². The molecule has 0 fully saturated rings. The quantitative estimate of drug-likeness (QED) is 0.721. The molecule has 0 radical (unpaired) electrons. The molecule has 1 amide bonds. The zero-order chi connectivity index (χ0) is 14.1. The van der Waals surface area contributed by atoms with Crippen LogP contribution in [0.5, 0.6) is 5.75 Å². The average Bonchev–Trinajstić information content (AvgIpc) is 2.38. The first-order valence-electron chi connectivity index (χ1n) is 6.60. The van der Waals surface area contributed by atoms with E-state index in [-0.39, 0.29) is 5.91 Å². The Balaban J connectivity index is 2.63. The maximum atomic E-state index is 11.8. The van der Waals surface area contributed by atoms with Gasteiger partial charge in [-0.05, 0) is 31.2 Å². The Kier molecular flexibility index (Phi) is 7.30.